The molecular formula is C9H9N7O. The number of aryl methyl sites for hydroxylation is 1. The Labute approximate surface area is 95.7 Å². The van der Waals surface area contributed by atoms with Crippen LogP contribution in [-0.2, 0) is 7.05 Å². The smallest absolute Gasteiger partial charge is 0.246 e. The lowest BCUT2D eigenvalue weighted by Gasteiger charge is -2.00. The molecule has 0 aliphatic heterocycles. The third-order valence-corrected chi connectivity index (χ3v) is 2.19. The minimum atomic E-state index is 0.478. The molecule has 0 radical (unpaired) electrons. The van der Waals surface area contributed by atoms with Gasteiger partial charge in [0.25, 0.3) is 0 Å². The SMILES string of the molecule is Cn1nc(-c2ncco2)cc1Nc1ncn[nH]1. The second-order valence-corrected chi connectivity index (χ2v) is 3.33. The number of H-pyrrole nitrogens is 1. The third kappa shape index (κ3) is 1.75. The van der Waals surface area contributed by atoms with Gasteiger partial charge >= 0.3 is 0 Å². The number of aromatic amines is 1. The third-order valence-electron chi connectivity index (χ3n) is 2.19. The first kappa shape index (κ1) is 9.58. The molecule has 3 heterocycles. The summed E-state index contributed by atoms with van der Waals surface area (Å²) >= 11 is 0. The normalized spacial score (nSPS) is 10.6. The van der Waals surface area contributed by atoms with E-state index in [0.29, 0.717) is 17.5 Å². The van der Waals surface area contributed by atoms with Crippen molar-refractivity contribution in [1.29, 1.82) is 0 Å². The second kappa shape index (κ2) is 3.74. The van der Waals surface area contributed by atoms with E-state index in [2.05, 4.69) is 30.6 Å². The molecule has 0 atom stereocenters. The maximum absolute atomic E-state index is 5.17. The van der Waals surface area contributed by atoms with Crippen molar-refractivity contribution in [2.75, 3.05) is 5.32 Å². The maximum atomic E-state index is 5.17. The molecule has 3 aromatic heterocycles. The number of anilines is 2. The zero-order chi connectivity index (χ0) is 11.7. The predicted octanol–water partition coefficient (Wildman–Crippen LogP) is 0.937. The highest BCUT2D eigenvalue weighted by Gasteiger charge is 2.11. The fourth-order valence-electron chi connectivity index (χ4n) is 1.43. The van der Waals surface area contributed by atoms with Gasteiger partial charge in [-0.1, -0.05) is 0 Å². The summed E-state index contributed by atoms with van der Waals surface area (Å²) in [5.41, 5.74) is 0.652. The number of nitrogens with one attached hydrogen (secondary N) is 2. The van der Waals surface area contributed by atoms with Crippen LogP contribution in [-0.4, -0.2) is 29.9 Å². The predicted molar refractivity (Wildman–Crippen MR) is 58.4 cm³/mol. The number of nitrogens with zero attached hydrogens (tertiary/aromatic N) is 5. The Morgan fingerprint density at radius 1 is 1.41 bits per heavy atom. The van der Waals surface area contributed by atoms with Crippen LogP contribution in [0.25, 0.3) is 11.6 Å². The molecule has 0 spiro atoms. The zero-order valence-electron chi connectivity index (χ0n) is 8.95. The molecule has 0 amide bonds. The lowest BCUT2D eigenvalue weighted by Crippen LogP contribution is -2.00. The molecular weight excluding hydrogens is 222 g/mol. The topological polar surface area (TPSA) is 97.5 Å². The Morgan fingerprint density at radius 3 is 3.06 bits per heavy atom. The van der Waals surface area contributed by atoms with Gasteiger partial charge in [0, 0.05) is 13.1 Å². The molecule has 86 valence electrons. The highest BCUT2D eigenvalue weighted by atomic mass is 16.3. The van der Waals surface area contributed by atoms with Crippen LogP contribution < -0.4 is 5.32 Å². The Bertz CT molecular complexity index is 595. The Hall–Kier alpha value is -2.64. The molecule has 0 saturated heterocycles. The lowest BCUT2D eigenvalue weighted by atomic mass is 10.4. The quantitative estimate of drug-likeness (QED) is 0.696. The van der Waals surface area contributed by atoms with E-state index in [-0.39, 0.29) is 0 Å². The van der Waals surface area contributed by atoms with E-state index >= 15 is 0 Å². The van der Waals surface area contributed by atoms with Gasteiger partial charge in [-0.2, -0.15) is 15.2 Å². The average molecular weight is 231 g/mol. The van der Waals surface area contributed by atoms with Crippen LogP contribution in [0.2, 0.25) is 0 Å². The van der Waals surface area contributed by atoms with Crippen molar-refractivity contribution < 1.29 is 4.42 Å². The van der Waals surface area contributed by atoms with Crippen LogP contribution in [0.5, 0.6) is 0 Å². The summed E-state index contributed by atoms with van der Waals surface area (Å²) in [4.78, 5) is 8.00. The monoisotopic (exact) mass is 231 g/mol. The Balaban J connectivity index is 1.91. The van der Waals surface area contributed by atoms with Gasteiger partial charge < -0.3 is 9.73 Å². The van der Waals surface area contributed by atoms with Gasteiger partial charge in [0.15, 0.2) is 0 Å². The van der Waals surface area contributed by atoms with Gasteiger partial charge in [-0.3, -0.25) is 4.68 Å². The molecule has 0 aromatic carbocycles. The van der Waals surface area contributed by atoms with Crippen molar-refractivity contribution in [3.05, 3.63) is 24.9 Å². The Morgan fingerprint density at radius 2 is 2.35 bits per heavy atom. The highest BCUT2D eigenvalue weighted by molar-refractivity contribution is 5.58. The van der Waals surface area contributed by atoms with E-state index in [9.17, 15) is 0 Å². The van der Waals surface area contributed by atoms with Crippen molar-refractivity contribution in [2.24, 2.45) is 7.05 Å². The standard InChI is InChI=1S/C9H9N7O/c1-16-7(13-9-11-5-12-14-9)4-6(15-16)8-10-2-3-17-8/h2-5H,1H3,(H2,11,12,13,14). The fourth-order valence-corrected chi connectivity index (χ4v) is 1.43. The molecule has 0 bridgehead atoms. The van der Waals surface area contributed by atoms with Crippen molar-refractivity contribution in [3.8, 4) is 11.6 Å². The fraction of sp³-hybridized carbons (Fsp3) is 0.111. The summed E-state index contributed by atoms with van der Waals surface area (Å²) in [5.74, 6) is 1.79. The summed E-state index contributed by atoms with van der Waals surface area (Å²) in [7, 11) is 1.81. The van der Waals surface area contributed by atoms with E-state index in [1.165, 1.54) is 12.6 Å². The van der Waals surface area contributed by atoms with Gasteiger partial charge in [-0.15, -0.1) is 0 Å². The zero-order valence-corrected chi connectivity index (χ0v) is 8.95. The van der Waals surface area contributed by atoms with Crippen LogP contribution in [0, 0.1) is 0 Å². The summed E-state index contributed by atoms with van der Waals surface area (Å²) in [6.07, 6.45) is 4.51. The molecule has 2 N–H and O–H groups in total. The van der Waals surface area contributed by atoms with E-state index in [1.54, 1.807) is 10.9 Å². The van der Waals surface area contributed by atoms with E-state index < -0.39 is 0 Å². The molecule has 8 nitrogen and oxygen atoms in total. The molecule has 0 aliphatic carbocycles. The molecule has 0 aliphatic rings. The average Bonchev–Trinajstić information content (AvgIpc) is 3.02. The van der Waals surface area contributed by atoms with Crippen molar-refractivity contribution in [2.45, 2.75) is 0 Å². The van der Waals surface area contributed by atoms with Crippen LogP contribution in [0.4, 0.5) is 11.8 Å². The molecule has 0 fully saturated rings. The number of aromatic nitrogens is 6. The van der Waals surface area contributed by atoms with E-state index in [1.807, 2.05) is 13.1 Å². The Kier molecular flexibility index (Phi) is 2.11. The minimum absolute atomic E-state index is 0.478. The van der Waals surface area contributed by atoms with Gasteiger partial charge in [-0.05, 0) is 0 Å². The molecule has 0 unspecified atom stereocenters. The molecule has 0 saturated carbocycles. The van der Waals surface area contributed by atoms with E-state index in [0.717, 1.165) is 5.82 Å². The molecule has 3 rings (SSSR count). The lowest BCUT2D eigenvalue weighted by molar-refractivity contribution is 0.570. The molecule has 3 aromatic rings. The largest absolute Gasteiger partial charge is 0.443 e. The molecule has 17 heavy (non-hydrogen) atoms. The second-order valence-electron chi connectivity index (χ2n) is 3.33. The number of rotatable bonds is 3. The highest BCUT2D eigenvalue weighted by Crippen LogP contribution is 2.20. The number of oxazole rings is 1. The summed E-state index contributed by atoms with van der Waals surface area (Å²) < 4.78 is 6.84. The van der Waals surface area contributed by atoms with Gasteiger partial charge in [0.1, 0.15) is 24.1 Å². The summed E-state index contributed by atoms with van der Waals surface area (Å²) in [6, 6.07) is 1.81. The van der Waals surface area contributed by atoms with Gasteiger partial charge in [0.2, 0.25) is 11.8 Å². The van der Waals surface area contributed by atoms with Crippen LogP contribution >= 0.6 is 0 Å². The van der Waals surface area contributed by atoms with Crippen molar-refractivity contribution >= 4 is 11.8 Å². The first-order chi connectivity index (χ1) is 8.33. The van der Waals surface area contributed by atoms with Crippen molar-refractivity contribution in [1.82, 2.24) is 29.9 Å². The van der Waals surface area contributed by atoms with Gasteiger partial charge in [0.05, 0.1) is 6.20 Å². The molecule has 8 heteroatoms. The number of hydrogen-bond acceptors (Lipinski definition) is 6. The first-order valence-electron chi connectivity index (χ1n) is 4.89. The van der Waals surface area contributed by atoms with Crippen LogP contribution in [0.1, 0.15) is 0 Å². The first-order valence-corrected chi connectivity index (χ1v) is 4.89. The maximum Gasteiger partial charge on any atom is 0.246 e. The summed E-state index contributed by atoms with van der Waals surface area (Å²) in [6.45, 7) is 0. The van der Waals surface area contributed by atoms with E-state index in [4.69, 9.17) is 4.42 Å². The number of hydrogen-bond donors (Lipinski definition) is 2. The van der Waals surface area contributed by atoms with Crippen molar-refractivity contribution in [3.63, 3.8) is 0 Å². The van der Waals surface area contributed by atoms with Gasteiger partial charge in [-0.25, -0.2) is 10.1 Å². The van der Waals surface area contributed by atoms with Crippen LogP contribution in [0.3, 0.4) is 0 Å². The minimum Gasteiger partial charge on any atom is -0.443 e. The summed E-state index contributed by atoms with van der Waals surface area (Å²) in [5, 5.41) is 13.8. The van der Waals surface area contributed by atoms with Crippen LogP contribution in [0.15, 0.2) is 29.3 Å².